The molecule has 0 radical (unpaired) electrons. The number of carbonyl (C=O) groups excluding carboxylic acids is 1. The van der Waals surface area contributed by atoms with Crippen molar-refractivity contribution in [3.05, 3.63) is 33.8 Å². The van der Waals surface area contributed by atoms with Crippen LogP contribution < -0.4 is 0 Å². The molecule has 7 heteroatoms. The van der Waals surface area contributed by atoms with Gasteiger partial charge in [-0.05, 0) is 19.9 Å². The van der Waals surface area contributed by atoms with Gasteiger partial charge >= 0.3 is 5.66 Å². The van der Waals surface area contributed by atoms with Gasteiger partial charge in [-0.25, -0.2) is 0 Å². The molecule has 1 rings (SSSR count). The van der Waals surface area contributed by atoms with Crippen LogP contribution in [0.1, 0.15) is 29.8 Å². The molecule has 0 aliphatic heterocycles. The molecule has 0 spiro atoms. The molecule has 0 unspecified atom stereocenters. The summed E-state index contributed by atoms with van der Waals surface area (Å²) in [6.45, 7) is 3.56. The minimum Gasteiger partial charge on any atom is -0.330 e. The second kappa shape index (κ2) is 7.39. The largest absolute Gasteiger partial charge is 0.340 e. The smallest absolute Gasteiger partial charge is 0.330 e. The van der Waals surface area contributed by atoms with Gasteiger partial charge in [-0.15, -0.1) is 0 Å². The lowest BCUT2D eigenvalue weighted by atomic mass is 10.1. The van der Waals surface area contributed by atoms with E-state index in [1.165, 1.54) is 18.2 Å². The van der Waals surface area contributed by atoms with Crippen molar-refractivity contribution in [1.29, 1.82) is 0 Å². The van der Waals surface area contributed by atoms with E-state index < -0.39 is 14.0 Å². The molecule has 3 nitrogen and oxygen atoms in total. The Labute approximate surface area is 120 Å². The van der Waals surface area contributed by atoms with E-state index in [9.17, 15) is 13.6 Å². The van der Waals surface area contributed by atoms with Gasteiger partial charge < -0.3 is 9.05 Å². The van der Waals surface area contributed by atoms with Gasteiger partial charge in [0.25, 0.3) is 8.38 Å². The van der Waals surface area contributed by atoms with Gasteiger partial charge in [0, 0.05) is 15.6 Å². The Morgan fingerprint density at radius 3 is 2.32 bits per heavy atom. The third kappa shape index (κ3) is 4.02. The van der Waals surface area contributed by atoms with Crippen molar-refractivity contribution in [2.45, 2.75) is 19.5 Å². The molecule has 0 fully saturated rings. The molecule has 0 aliphatic carbocycles. The summed E-state index contributed by atoms with van der Waals surface area (Å²) in [6.07, 6.45) is 0.598. The number of aldehydes is 1. The minimum atomic E-state index is -3.25. The summed E-state index contributed by atoms with van der Waals surface area (Å²) in [5.41, 5.74) is -3.17. The van der Waals surface area contributed by atoms with E-state index in [1.54, 1.807) is 13.8 Å². The molecule has 0 N–H and O–H groups in total. The minimum absolute atomic E-state index is 0.144. The molecule has 0 amide bonds. The van der Waals surface area contributed by atoms with E-state index in [1.807, 2.05) is 0 Å². The maximum absolute atomic E-state index is 14.4. The van der Waals surface area contributed by atoms with Crippen molar-refractivity contribution in [2.24, 2.45) is 0 Å². The maximum atomic E-state index is 14.4. The lowest BCUT2D eigenvalue weighted by molar-refractivity contribution is 0.0563. The molecule has 0 heterocycles. The Morgan fingerprint density at radius 2 is 1.89 bits per heavy atom. The van der Waals surface area contributed by atoms with Crippen LogP contribution in [0.3, 0.4) is 0 Å². The highest BCUT2D eigenvalue weighted by molar-refractivity contribution is 9.10. The molecule has 0 aromatic heterocycles. The molecule has 0 bridgehead atoms. The van der Waals surface area contributed by atoms with Crippen LogP contribution >= 0.6 is 24.3 Å². The summed E-state index contributed by atoms with van der Waals surface area (Å²) in [5, 5.41) is 0. The molecule has 0 aliphatic rings. The lowest BCUT2D eigenvalue weighted by Crippen LogP contribution is -2.15. The monoisotopic (exact) mass is 354 g/mol. The van der Waals surface area contributed by atoms with E-state index in [2.05, 4.69) is 15.9 Å². The molecular weight excluding hydrogens is 341 g/mol. The number of carbonyl (C=O) groups is 1. The van der Waals surface area contributed by atoms with E-state index in [0.717, 1.165) is 0 Å². The Morgan fingerprint density at radius 1 is 1.32 bits per heavy atom. The molecule has 1 aromatic carbocycles. The van der Waals surface area contributed by atoms with Crippen LogP contribution in [0, 0.1) is 0 Å². The summed E-state index contributed by atoms with van der Waals surface area (Å²) >= 11 is 3.05. The van der Waals surface area contributed by atoms with Crippen molar-refractivity contribution >= 4 is 30.6 Å². The molecule has 106 valence electrons. The number of hydrogen-bond acceptors (Lipinski definition) is 3. The highest BCUT2D eigenvalue weighted by atomic mass is 79.9. The van der Waals surface area contributed by atoms with Crippen LogP contribution in [0.5, 0.6) is 0 Å². The Hall–Kier alpha value is -0.420. The lowest BCUT2D eigenvalue weighted by Gasteiger charge is -2.26. The van der Waals surface area contributed by atoms with Gasteiger partial charge in [-0.1, -0.05) is 28.1 Å². The summed E-state index contributed by atoms with van der Waals surface area (Å²) in [5.74, 6) is 0. The highest BCUT2D eigenvalue weighted by Crippen LogP contribution is 2.60. The fourth-order valence-corrected chi connectivity index (χ4v) is 3.44. The zero-order valence-corrected chi connectivity index (χ0v) is 13.0. The molecule has 19 heavy (non-hydrogen) atoms. The predicted octanol–water partition coefficient (Wildman–Crippen LogP) is 4.70. The summed E-state index contributed by atoms with van der Waals surface area (Å²) in [6, 6.07) is 3.90. The zero-order chi connectivity index (χ0) is 14.5. The summed E-state index contributed by atoms with van der Waals surface area (Å²) in [4.78, 5) is 10.6. The molecule has 1 aromatic rings. The van der Waals surface area contributed by atoms with Crippen molar-refractivity contribution in [2.75, 3.05) is 13.2 Å². The van der Waals surface area contributed by atoms with Gasteiger partial charge in [-0.2, -0.15) is 8.78 Å². The van der Waals surface area contributed by atoms with E-state index in [-0.39, 0.29) is 23.2 Å². The highest BCUT2D eigenvalue weighted by Gasteiger charge is 2.46. The SMILES string of the molecule is CCOP(OCC)C(F)(F)c1ccc(C=O)cc1Br. The number of rotatable bonds is 7. The van der Waals surface area contributed by atoms with Crippen LogP contribution in [0.4, 0.5) is 8.78 Å². The van der Waals surface area contributed by atoms with Gasteiger partial charge in [-0.3, -0.25) is 4.79 Å². The number of benzene rings is 1. The van der Waals surface area contributed by atoms with Crippen LogP contribution in [0.2, 0.25) is 0 Å². The normalized spacial score (nSPS) is 11.9. The fourth-order valence-electron chi connectivity index (χ4n) is 1.38. The van der Waals surface area contributed by atoms with Gasteiger partial charge in [0.2, 0.25) is 0 Å². The maximum Gasteiger partial charge on any atom is 0.340 e. The molecular formula is C12H14BrF2O3P. The van der Waals surface area contributed by atoms with Crippen LogP contribution in [-0.2, 0) is 14.7 Å². The number of halogens is 3. The third-order valence-electron chi connectivity index (χ3n) is 2.18. The first kappa shape index (κ1) is 16.6. The van der Waals surface area contributed by atoms with Crippen LogP contribution in [0.15, 0.2) is 22.7 Å². The first-order valence-electron chi connectivity index (χ1n) is 5.66. The topological polar surface area (TPSA) is 35.5 Å². The molecule has 0 saturated heterocycles. The Balaban J connectivity index is 3.12. The standard InChI is InChI=1S/C12H14BrF2O3P/c1-3-17-19(18-4-2)12(14,15)10-6-5-9(8-16)7-11(10)13/h5-8H,3-4H2,1-2H3. The molecule has 0 atom stereocenters. The van der Waals surface area contributed by atoms with Crippen molar-refractivity contribution in [3.63, 3.8) is 0 Å². The average molecular weight is 355 g/mol. The quantitative estimate of drug-likeness (QED) is 0.526. The Kier molecular flexibility index (Phi) is 6.47. The van der Waals surface area contributed by atoms with Gasteiger partial charge in [0.15, 0.2) is 0 Å². The Bertz CT molecular complexity index is 437. The van der Waals surface area contributed by atoms with Crippen molar-refractivity contribution < 1.29 is 22.6 Å². The van der Waals surface area contributed by atoms with Crippen LogP contribution in [-0.4, -0.2) is 19.5 Å². The van der Waals surface area contributed by atoms with E-state index in [0.29, 0.717) is 11.8 Å². The number of alkyl halides is 2. The van der Waals surface area contributed by atoms with E-state index >= 15 is 0 Å². The fraction of sp³-hybridized carbons (Fsp3) is 0.417. The van der Waals surface area contributed by atoms with E-state index in [4.69, 9.17) is 9.05 Å². The van der Waals surface area contributed by atoms with Gasteiger partial charge in [0.1, 0.15) is 6.29 Å². The first-order valence-corrected chi connectivity index (χ1v) is 7.63. The first-order chi connectivity index (χ1) is 8.97. The molecule has 0 saturated carbocycles. The van der Waals surface area contributed by atoms with Crippen molar-refractivity contribution in [3.8, 4) is 0 Å². The zero-order valence-electron chi connectivity index (χ0n) is 10.5. The average Bonchev–Trinajstić information content (AvgIpc) is 2.38. The third-order valence-corrected chi connectivity index (χ3v) is 4.52. The summed E-state index contributed by atoms with van der Waals surface area (Å²) in [7, 11) is -2.36. The second-order valence-corrected chi connectivity index (χ2v) is 5.94. The summed E-state index contributed by atoms with van der Waals surface area (Å²) < 4.78 is 38.9. The number of hydrogen-bond donors (Lipinski definition) is 0. The predicted molar refractivity (Wildman–Crippen MR) is 73.6 cm³/mol. The van der Waals surface area contributed by atoms with Crippen molar-refractivity contribution in [1.82, 2.24) is 0 Å². The van der Waals surface area contributed by atoms with Crippen LogP contribution in [0.25, 0.3) is 0 Å². The second-order valence-electron chi connectivity index (χ2n) is 3.49. The van der Waals surface area contributed by atoms with Gasteiger partial charge in [0.05, 0.1) is 13.2 Å².